The van der Waals surface area contributed by atoms with Crippen LogP contribution in [0.4, 0.5) is 5.69 Å². The Morgan fingerprint density at radius 3 is 2.47 bits per heavy atom. The minimum Gasteiger partial charge on any atom is -0.372 e. The molecular formula is C14H20N2O. The van der Waals surface area contributed by atoms with Gasteiger partial charge in [-0.25, -0.2) is 0 Å². The Hall–Kier alpha value is -1.51. The largest absolute Gasteiger partial charge is 0.372 e. The van der Waals surface area contributed by atoms with Crippen LogP contribution < -0.4 is 10.2 Å². The molecule has 1 N–H and O–H groups in total. The Bertz CT molecular complexity index is 366. The first kappa shape index (κ1) is 12.0. The highest BCUT2D eigenvalue weighted by atomic mass is 16.1. The lowest BCUT2D eigenvalue weighted by molar-refractivity contribution is 0.0953. The van der Waals surface area contributed by atoms with Crippen LogP contribution in [0.3, 0.4) is 0 Å². The molecule has 17 heavy (non-hydrogen) atoms. The van der Waals surface area contributed by atoms with Gasteiger partial charge in [-0.2, -0.15) is 0 Å². The highest BCUT2D eigenvalue weighted by Crippen LogP contribution is 2.20. The number of hydrogen-bond acceptors (Lipinski definition) is 2. The van der Waals surface area contributed by atoms with Crippen molar-refractivity contribution in [2.24, 2.45) is 0 Å². The zero-order valence-electron chi connectivity index (χ0n) is 10.4. The summed E-state index contributed by atoms with van der Waals surface area (Å²) in [6.45, 7) is 5.08. The third-order valence-electron chi connectivity index (χ3n) is 3.14. The van der Waals surface area contributed by atoms with Crippen molar-refractivity contribution in [3.8, 4) is 0 Å². The molecule has 1 aliphatic rings. The molecular weight excluding hydrogens is 212 g/mol. The number of hydrogen-bond donors (Lipinski definition) is 1. The van der Waals surface area contributed by atoms with E-state index < -0.39 is 0 Å². The lowest BCUT2D eigenvalue weighted by atomic mass is 10.2. The van der Waals surface area contributed by atoms with E-state index in [0.29, 0.717) is 0 Å². The van der Waals surface area contributed by atoms with Gasteiger partial charge in [0.05, 0.1) is 0 Å². The van der Waals surface area contributed by atoms with Gasteiger partial charge in [-0.05, 0) is 43.5 Å². The second-order valence-corrected chi connectivity index (χ2v) is 4.50. The highest BCUT2D eigenvalue weighted by Gasteiger charge is 2.12. The lowest BCUT2D eigenvalue weighted by Crippen LogP contribution is -2.24. The van der Waals surface area contributed by atoms with Crippen LogP contribution >= 0.6 is 0 Å². The first-order valence-corrected chi connectivity index (χ1v) is 6.44. The SMILES string of the molecule is CCCNC(=O)c1ccc(N2CCCC2)cc1. The Morgan fingerprint density at radius 2 is 1.88 bits per heavy atom. The summed E-state index contributed by atoms with van der Waals surface area (Å²) in [5.41, 5.74) is 1.98. The minimum atomic E-state index is 0.0276. The topological polar surface area (TPSA) is 32.3 Å². The molecule has 0 aliphatic carbocycles. The standard InChI is InChI=1S/C14H20N2O/c1-2-9-15-14(17)12-5-7-13(8-6-12)16-10-3-4-11-16/h5-8H,2-4,9-11H2,1H3,(H,15,17). The summed E-state index contributed by atoms with van der Waals surface area (Å²) < 4.78 is 0. The van der Waals surface area contributed by atoms with E-state index >= 15 is 0 Å². The van der Waals surface area contributed by atoms with E-state index in [9.17, 15) is 4.79 Å². The molecule has 1 fully saturated rings. The monoisotopic (exact) mass is 232 g/mol. The number of rotatable bonds is 4. The quantitative estimate of drug-likeness (QED) is 0.864. The molecule has 1 aromatic rings. The Morgan fingerprint density at radius 1 is 1.24 bits per heavy atom. The van der Waals surface area contributed by atoms with Gasteiger partial charge in [-0.3, -0.25) is 4.79 Å². The summed E-state index contributed by atoms with van der Waals surface area (Å²) >= 11 is 0. The number of carbonyl (C=O) groups excluding carboxylic acids is 1. The average Bonchev–Trinajstić information content (AvgIpc) is 2.90. The molecule has 0 radical (unpaired) electrons. The molecule has 0 unspecified atom stereocenters. The molecule has 3 nitrogen and oxygen atoms in total. The zero-order valence-corrected chi connectivity index (χ0v) is 10.4. The number of benzene rings is 1. The van der Waals surface area contributed by atoms with Gasteiger partial charge in [0.15, 0.2) is 0 Å². The van der Waals surface area contributed by atoms with Crippen molar-refractivity contribution in [2.45, 2.75) is 26.2 Å². The third kappa shape index (κ3) is 2.99. The van der Waals surface area contributed by atoms with Crippen molar-refractivity contribution in [1.82, 2.24) is 5.32 Å². The van der Waals surface area contributed by atoms with Crippen molar-refractivity contribution in [3.05, 3.63) is 29.8 Å². The van der Waals surface area contributed by atoms with Crippen LogP contribution in [0.2, 0.25) is 0 Å². The van der Waals surface area contributed by atoms with Gasteiger partial charge in [0.1, 0.15) is 0 Å². The predicted molar refractivity (Wildman–Crippen MR) is 70.5 cm³/mol. The summed E-state index contributed by atoms with van der Waals surface area (Å²) in [4.78, 5) is 14.1. The van der Waals surface area contributed by atoms with Crippen molar-refractivity contribution >= 4 is 11.6 Å². The number of carbonyl (C=O) groups is 1. The number of nitrogens with zero attached hydrogens (tertiary/aromatic N) is 1. The third-order valence-corrected chi connectivity index (χ3v) is 3.14. The van der Waals surface area contributed by atoms with Crippen LogP contribution in [0.15, 0.2) is 24.3 Å². The van der Waals surface area contributed by atoms with E-state index in [1.165, 1.54) is 18.5 Å². The van der Waals surface area contributed by atoms with Crippen LogP contribution in [-0.2, 0) is 0 Å². The summed E-state index contributed by atoms with van der Waals surface area (Å²) in [5.74, 6) is 0.0276. The number of nitrogens with one attached hydrogen (secondary N) is 1. The molecule has 0 bridgehead atoms. The number of anilines is 1. The maximum atomic E-state index is 11.7. The van der Waals surface area contributed by atoms with Crippen LogP contribution in [0, 0.1) is 0 Å². The molecule has 2 rings (SSSR count). The van der Waals surface area contributed by atoms with E-state index in [1.54, 1.807) is 0 Å². The van der Waals surface area contributed by atoms with Crippen LogP contribution in [0.1, 0.15) is 36.5 Å². The first-order valence-electron chi connectivity index (χ1n) is 6.44. The number of amides is 1. The van der Waals surface area contributed by atoms with Crippen LogP contribution in [0.5, 0.6) is 0 Å². The molecule has 1 heterocycles. The lowest BCUT2D eigenvalue weighted by Gasteiger charge is -2.17. The summed E-state index contributed by atoms with van der Waals surface area (Å²) in [6, 6.07) is 7.93. The Labute approximate surface area is 103 Å². The van der Waals surface area contributed by atoms with Gasteiger partial charge in [-0.15, -0.1) is 0 Å². The molecule has 3 heteroatoms. The maximum absolute atomic E-state index is 11.7. The molecule has 1 amide bonds. The summed E-state index contributed by atoms with van der Waals surface area (Å²) in [5, 5.41) is 2.89. The van der Waals surface area contributed by atoms with E-state index in [1.807, 2.05) is 24.3 Å². The Kier molecular flexibility index (Phi) is 4.02. The highest BCUT2D eigenvalue weighted by molar-refractivity contribution is 5.94. The normalized spacial score (nSPS) is 15.0. The average molecular weight is 232 g/mol. The van der Waals surface area contributed by atoms with E-state index in [2.05, 4.69) is 17.1 Å². The summed E-state index contributed by atoms with van der Waals surface area (Å²) in [6.07, 6.45) is 3.52. The minimum absolute atomic E-state index is 0.0276. The summed E-state index contributed by atoms with van der Waals surface area (Å²) in [7, 11) is 0. The molecule has 1 aliphatic heterocycles. The van der Waals surface area contributed by atoms with Gasteiger partial charge >= 0.3 is 0 Å². The molecule has 0 atom stereocenters. The van der Waals surface area contributed by atoms with Crippen molar-refractivity contribution in [2.75, 3.05) is 24.5 Å². The smallest absolute Gasteiger partial charge is 0.251 e. The van der Waals surface area contributed by atoms with Crippen LogP contribution in [0.25, 0.3) is 0 Å². The predicted octanol–water partition coefficient (Wildman–Crippen LogP) is 2.43. The fourth-order valence-electron chi connectivity index (χ4n) is 2.14. The second kappa shape index (κ2) is 5.71. The zero-order chi connectivity index (χ0) is 12.1. The molecule has 0 aromatic heterocycles. The molecule has 0 spiro atoms. The fraction of sp³-hybridized carbons (Fsp3) is 0.500. The van der Waals surface area contributed by atoms with Crippen molar-refractivity contribution in [1.29, 1.82) is 0 Å². The van der Waals surface area contributed by atoms with E-state index in [4.69, 9.17) is 0 Å². The fourth-order valence-corrected chi connectivity index (χ4v) is 2.14. The van der Waals surface area contributed by atoms with Gasteiger partial charge in [0.2, 0.25) is 0 Å². The second-order valence-electron chi connectivity index (χ2n) is 4.50. The molecule has 1 aromatic carbocycles. The first-order chi connectivity index (χ1) is 8.31. The van der Waals surface area contributed by atoms with Gasteiger partial charge in [0, 0.05) is 30.9 Å². The van der Waals surface area contributed by atoms with Gasteiger partial charge < -0.3 is 10.2 Å². The van der Waals surface area contributed by atoms with Crippen molar-refractivity contribution in [3.63, 3.8) is 0 Å². The van der Waals surface area contributed by atoms with E-state index in [0.717, 1.165) is 31.6 Å². The molecule has 92 valence electrons. The van der Waals surface area contributed by atoms with Gasteiger partial charge in [-0.1, -0.05) is 6.92 Å². The van der Waals surface area contributed by atoms with Gasteiger partial charge in [0.25, 0.3) is 5.91 Å². The maximum Gasteiger partial charge on any atom is 0.251 e. The van der Waals surface area contributed by atoms with E-state index in [-0.39, 0.29) is 5.91 Å². The van der Waals surface area contributed by atoms with Crippen molar-refractivity contribution < 1.29 is 4.79 Å². The Balaban J connectivity index is 1.99. The molecule has 0 saturated carbocycles. The molecule has 1 saturated heterocycles. The van der Waals surface area contributed by atoms with Crippen LogP contribution in [-0.4, -0.2) is 25.5 Å².